The number of phosphoric ester groups is 1. The first-order valence-electron chi connectivity index (χ1n) is 5.38. The Balaban J connectivity index is 1.84. The number of carboxylic acids is 1. The monoisotopic (exact) mass is 321 g/mol. The molecule has 3 atom stereocenters. The van der Waals surface area contributed by atoms with Crippen molar-refractivity contribution in [3.05, 3.63) is 33.4 Å². The third-order valence-corrected chi connectivity index (χ3v) is 6.88. The van der Waals surface area contributed by atoms with E-state index in [1.165, 1.54) is 6.08 Å². The summed E-state index contributed by atoms with van der Waals surface area (Å²) in [7, 11) is -7.42. The lowest BCUT2D eigenvalue weighted by Crippen LogP contribution is -2.30. The van der Waals surface area contributed by atoms with E-state index in [4.69, 9.17) is 21.0 Å². The molecule has 0 aromatic rings. The van der Waals surface area contributed by atoms with Crippen LogP contribution in [0.25, 0.3) is 0 Å². The topological polar surface area (TPSA) is 156 Å². The van der Waals surface area contributed by atoms with Gasteiger partial charge in [-0.2, -0.15) is 0 Å². The quantitative estimate of drug-likeness (QED) is 0.320. The number of carboxylic acid groups (broad SMARTS) is 1. The second-order valence-corrected chi connectivity index (χ2v) is 8.36. The highest BCUT2D eigenvalue weighted by Gasteiger charge is 2.69. The van der Waals surface area contributed by atoms with Crippen LogP contribution in [0.5, 0.6) is 0 Å². The van der Waals surface area contributed by atoms with Crippen LogP contribution in [0.4, 0.5) is 0 Å². The predicted octanol–water partition coefficient (Wildman–Crippen LogP) is 1.15. The smallest absolute Gasteiger partial charge is 0.480 e. The van der Waals surface area contributed by atoms with Crippen LogP contribution >= 0.6 is 15.0 Å². The average Bonchev–Trinajstić information content (AvgIpc) is 2.84. The second kappa shape index (κ2) is 3.92. The summed E-state index contributed by atoms with van der Waals surface area (Å²) < 4.78 is 31.2. The Kier molecular flexibility index (Phi) is 2.69. The van der Waals surface area contributed by atoms with E-state index < -0.39 is 27.0 Å². The molecule has 3 aliphatic rings. The summed E-state index contributed by atoms with van der Waals surface area (Å²) in [4.78, 5) is 19.7. The van der Waals surface area contributed by atoms with Crippen molar-refractivity contribution in [1.29, 1.82) is 0 Å². The minimum Gasteiger partial charge on any atom is -0.480 e. The lowest BCUT2D eigenvalue weighted by atomic mass is 10.0. The van der Waals surface area contributed by atoms with Gasteiger partial charge in [0.05, 0.1) is 10.6 Å². The van der Waals surface area contributed by atoms with E-state index in [1.54, 1.807) is 0 Å². The van der Waals surface area contributed by atoms with Crippen LogP contribution in [-0.2, 0) is 23.1 Å². The van der Waals surface area contributed by atoms with E-state index in [0.717, 1.165) is 0 Å². The highest BCUT2D eigenvalue weighted by atomic mass is 31.2. The standard InChI is InChI=1S/C9H9NO8P2/c10-4(9(11)12)1-3-2-5-6(17-20(15,16)18-13)8-7(3)19(5,8)14/h2,4,13H,1,10H2,(H,11,12)(H,15,16)/t4-,19?/m0/s1. The van der Waals surface area contributed by atoms with E-state index in [9.17, 15) is 13.9 Å². The summed E-state index contributed by atoms with van der Waals surface area (Å²) in [6.45, 7) is 0. The zero-order valence-electron chi connectivity index (χ0n) is 9.72. The van der Waals surface area contributed by atoms with Crippen molar-refractivity contribution in [2.45, 2.75) is 12.5 Å². The number of nitrogens with two attached hydrogens (primary N) is 1. The van der Waals surface area contributed by atoms with Crippen LogP contribution in [0.2, 0.25) is 0 Å². The number of carbonyl (C=O) groups is 1. The molecule has 0 amide bonds. The number of aliphatic carboxylic acids is 1. The number of allylic oxidation sites excluding steroid dienone is 4. The van der Waals surface area contributed by atoms with Crippen molar-refractivity contribution in [2.24, 2.45) is 5.73 Å². The summed E-state index contributed by atoms with van der Waals surface area (Å²) >= 11 is 0. The Morgan fingerprint density at radius 2 is 2.15 bits per heavy atom. The number of hydrogen-bond donors (Lipinski definition) is 4. The van der Waals surface area contributed by atoms with Crippen LogP contribution in [0.1, 0.15) is 6.42 Å². The normalized spacial score (nSPS) is 30.2. The molecule has 0 aromatic carbocycles. The molecule has 108 valence electrons. The van der Waals surface area contributed by atoms with E-state index in [-0.39, 0.29) is 17.5 Å². The molecule has 20 heavy (non-hydrogen) atoms. The van der Waals surface area contributed by atoms with Crippen LogP contribution in [0, 0.1) is 0 Å². The van der Waals surface area contributed by atoms with E-state index in [0.29, 0.717) is 16.2 Å². The van der Waals surface area contributed by atoms with Gasteiger partial charge < -0.3 is 19.9 Å². The largest absolute Gasteiger partial charge is 0.555 e. The van der Waals surface area contributed by atoms with Gasteiger partial charge in [0.2, 0.25) is 0 Å². The Hall–Kier alpha value is -1.21. The van der Waals surface area contributed by atoms with Gasteiger partial charge in [0.1, 0.15) is 6.04 Å². The molecule has 0 radical (unpaired) electrons. The van der Waals surface area contributed by atoms with Crippen molar-refractivity contribution in [2.75, 3.05) is 0 Å². The maximum Gasteiger partial charge on any atom is 0.555 e. The molecule has 3 rings (SSSR count). The minimum atomic E-state index is -4.63. The average molecular weight is 321 g/mol. The van der Waals surface area contributed by atoms with Crippen molar-refractivity contribution in [1.82, 2.24) is 0 Å². The summed E-state index contributed by atoms with van der Waals surface area (Å²) in [5, 5.41) is 17.9. The molecule has 9 nitrogen and oxygen atoms in total. The first-order valence-corrected chi connectivity index (χ1v) is 8.58. The molecule has 0 aliphatic carbocycles. The van der Waals surface area contributed by atoms with Crippen molar-refractivity contribution < 1.29 is 38.4 Å². The third-order valence-electron chi connectivity index (χ3n) is 3.27. The Bertz CT molecular complexity index is 732. The lowest BCUT2D eigenvalue weighted by Gasteiger charge is -2.20. The maximum atomic E-state index is 12.3. The summed E-state index contributed by atoms with van der Waals surface area (Å²) in [5.74, 6) is -1.22. The fourth-order valence-corrected chi connectivity index (χ4v) is 6.06. The molecule has 0 bridgehead atoms. The Morgan fingerprint density at radius 1 is 1.50 bits per heavy atom. The maximum absolute atomic E-state index is 12.3. The zero-order chi connectivity index (χ0) is 14.9. The van der Waals surface area contributed by atoms with Gasteiger partial charge in [-0.25, -0.2) is 9.82 Å². The van der Waals surface area contributed by atoms with Gasteiger partial charge in [0, 0.05) is 5.31 Å². The van der Waals surface area contributed by atoms with Gasteiger partial charge in [0.15, 0.2) is 12.9 Å². The van der Waals surface area contributed by atoms with Crippen molar-refractivity contribution in [3.63, 3.8) is 0 Å². The highest BCUT2D eigenvalue weighted by Crippen LogP contribution is 2.96. The van der Waals surface area contributed by atoms with Gasteiger partial charge >= 0.3 is 13.8 Å². The molecule has 11 heteroatoms. The fourth-order valence-electron chi connectivity index (χ4n) is 2.38. The number of phosphoric acid groups is 1. The van der Waals surface area contributed by atoms with E-state index in [2.05, 4.69) is 9.20 Å². The first-order chi connectivity index (χ1) is 9.22. The molecule has 0 saturated carbocycles. The summed E-state index contributed by atoms with van der Waals surface area (Å²) in [6, 6.07) is -1.12. The molecule has 0 fully saturated rings. The van der Waals surface area contributed by atoms with E-state index >= 15 is 0 Å². The predicted molar refractivity (Wildman–Crippen MR) is 64.6 cm³/mol. The minimum absolute atomic E-state index is 0.0161. The van der Waals surface area contributed by atoms with Crippen molar-refractivity contribution in [3.8, 4) is 0 Å². The SMILES string of the molecule is N[C@@H](CC1=CC2=C(OP(=O)(O)OO)C3=C1P23=O)C(=O)O. The second-order valence-electron chi connectivity index (χ2n) is 4.48. The zero-order valence-corrected chi connectivity index (χ0v) is 11.5. The molecule has 5 N–H and O–H groups in total. The summed E-state index contributed by atoms with van der Waals surface area (Å²) in [6.07, 6.45) is 1.46. The van der Waals surface area contributed by atoms with Crippen LogP contribution in [0.3, 0.4) is 0 Å². The van der Waals surface area contributed by atoms with Crippen LogP contribution in [0.15, 0.2) is 33.4 Å². The van der Waals surface area contributed by atoms with Gasteiger partial charge in [-0.3, -0.25) is 9.69 Å². The lowest BCUT2D eigenvalue weighted by molar-refractivity contribution is -0.159. The van der Waals surface area contributed by atoms with Gasteiger partial charge in [0.25, 0.3) is 0 Å². The first kappa shape index (κ1) is 13.8. The number of hydrogen-bond acceptors (Lipinski definition) is 7. The fraction of sp³-hybridized carbons (Fsp3) is 0.222. The Labute approximate surface area is 111 Å². The summed E-state index contributed by atoms with van der Waals surface area (Å²) in [5.41, 5.74) is 5.94. The van der Waals surface area contributed by atoms with Crippen molar-refractivity contribution >= 4 is 20.9 Å². The van der Waals surface area contributed by atoms with Gasteiger partial charge in [-0.1, -0.05) is 0 Å². The third kappa shape index (κ3) is 1.62. The van der Waals surface area contributed by atoms with E-state index in [1.807, 2.05) is 0 Å². The highest BCUT2D eigenvalue weighted by molar-refractivity contribution is 7.86. The molecular weight excluding hydrogens is 312 g/mol. The molecule has 3 aliphatic heterocycles. The molecule has 0 spiro atoms. The Morgan fingerprint density at radius 3 is 2.60 bits per heavy atom. The molecule has 2 unspecified atom stereocenters. The molecule has 3 heterocycles. The molecule has 0 aromatic heterocycles. The van der Waals surface area contributed by atoms with Gasteiger partial charge in [-0.05, 0) is 18.1 Å². The van der Waals surface area contributed by atoms with Crippen LogP contribution < -0.4 is 5.73 Å². The number of rotatable bonds is 6. The van der Waals surface area contributed by atoms with Crippen LogP contribution in [-0.4, -0.2) is 27.3 Å². The van der Waals surface area contributed by atoms with Gasteiger partial charge in [-0.15, -0.1) is 4.67 Å². The molecular formula is C9H9NO8P2. The molecule has 0 saturated heterocycles.